The van der Waals surface area contributed by atoms with Gasteiger partial charge in [-0.15, -0.1) is 5.10 Å². The number of H-pyrrole nitrogens is 1. The maximum atomic E-state index is 15.0. The number of nitrogens with one attached hydrogen (secondary N) is 2. The van der Waals surface area contributed by atoms with Crippen LogP contribution in [0.1, 0.15) is 35.5 Å². The minimum absolute atomic E-state index is 0.0134. The van der Waals surface area contributed by atoms with Gasteiger partial charge in [0.1, 0.15) is 11.6 Å². The van der Waals surface area contributed by atoms with Crippen LogP contribution in [0.25, 0.3) is 22.5 Å². The van der Waals surface area contributed by atoms with Gasteiger partial charge in [-0.25, -0.2) is 19.5 Å². The highest BCUT2D eigenvalue weighted by atomic mass is 19.4. The van der Waals surface area contributed by atoms with E-state index in [-0.39, 0.29) is 12.4 Å². The molecular formula is C23H19F4N7. The monoisotopic (exact) mass is 469 g/mol. The predicted molar refractivity (Wildman–Crippen MR) is 116 cm³/mol. The first-order chi connectivity index (χ1) is 16.4. The lowest BCUT2D eigenvalue weighted by molar-refractivity contribution is -0.145. The number of benzene rings is 2. The number of aromatic nitrogens is 6. The Morgan fingerprint density at radius 2 is 1.76 bits per heavy atom. The van der Waals surface area contributed by atoms with E-state index in [1.54, 1.807) is 12.1 Å². The molecule has 11 heteroatoms. The number of halogens is 4. The Balaban J connectivity index is 1.42. The Morgan fingerprint density at radius 1 is 0.971 bits per heavy atom. The number of aryl methyl sites for hydroxylation is 1. The fourth-order valence-electron chi connectivity index (χ4n) is 4.12. The van der Waals surface area contributed by atoms with Gasteiger partial charge in [-0.1, -0.05) is 36.4 Å². The molecule has 5 rings (SSSR count). The molecule has 0 amide bonds. The van der Waals surface area contributed by atoms with Gasteiger partial charge in [0.2, 0.25) is 5.82 Å². The molecule has 0 unspecified atom stereocenters. The third-order valence-corrected chi connectivity index (χ3v) is 5.77. The molecule has 174 valence electrons. The lowest BCUT2D eigenvalue weighted by Crippen LogP contribution is -2.19. The Kier molecular flexibility index (Phi) is 5.68. The van der Waals surface area contributed by atoms with E-state index < -0.39 is 17.8 Å². The maximum Gasteiger partial charge on any atom is 0.451 e. The first-order valence-corrected chi connectivity index (χ1v) is 10.7. The summed E-state index contributed by atoms with van der Waals surface area (Å²) in [5, 5.41) is 16.7. The van der Waals surface area contributed by atoms with Crippen LogP contribution >= 0.6 is 0 Å². The molecule has 1 aliphatic carbocycles. The number of anilines is 1. The van der Waals surface area contributed by atoms with E-state index >= 15 is 4.39 Å². The summed E-state index contributed by atoms with van der Waals surface area (Å²) in [6, 6.07) is 12.0. The highest BCUT2D eigenvalue weighted by molar-refractivity contribution is 5.80. The molecule has 0 saturated heterocycles. The van der Waals surface area contributed by atoms with Crippen molar-refractivity contribution in [2.45, 2.75) is 38.4 Å². The molecule has 0 fully saturated rings. The second kappa shape index (κ2) is 8.81. The predicted octanol–water partition coefficient (Wildman–Crippen LogP) is 4.97. The zero-order chi connectivity index (χ0) is 23.7. The van der Waals surface area contributed by atoms with Crippen LogP contribution in [-0.4, -0.2) is 30.6 Å². The summed E-state index contributed by atoms with van der Waals surface area (Å²) in [7, 11) is 0. The quantitative estimate of drug-likeness (QED) is 0.401. The minimum atomic E-state index is -4.65. The van der Waals surface area contributed by atoms with Crippen LogP contribution in [-0.2, 0) is 25.6 Å². The number of hydrogen-bond acceptors (Lipinski definition) is 6. The molecule has 7 nitrogen and oxygen atoms in total. The van der Waals surface area contributed by atoms with Crippen molar-refractivity contribution >= 4 is 5.82 Å². The molecular weight excluding hydrogens is 450 g/mol. The first-order valence-electron chi connectivity index (χ1n) is 10.7. The summed E-state index contributed by atoms with van der Waals surface area (Å²) in [6.45, 7) is -0.0134. The largest absolute Gasteiger partial charge is 0.451 e. The lowest BCUT2D eigenvalue weighted by Gasteiger charge is -2.20. The first kappa shape index (κ1) is 21.9. The van der Waals surface area contributed by atoms with Crippen molar-refractivity contribution in [3.8, 4) is 22.5 Å². The molecule has 2 aromatic carbocycles. The third kappa shape index (κ3) is 4.33. The molecule has 2 aromatic heterocycles. The molecule has 0 saturated carbocycles. The highest BCUT2D eigenvalue weighted by Crippen LogP contribution is 2.33. The van der Waals surface area contributed by atoms with E-state index in [1.807, 2.05) is 24.3 Å². The van der Waals surface area contributed by atoms with Gasteiger partial charge in [-0.3, -0.25) is 0 Å². The van der Waals surface area contributed by atoms with Gasteiger partial charge in [0.25, 0.3) is 0 Å². The van der Waals surface area contributed by atoms with Crippen LogP contribution in [0, 0.1) is 5.82 Å². The van der Waals surface area contributed by atoms with Crippen molar-refractivity contribution in [1.29, 1.82) is 0 Å². The average Bonchev–Trinajstić information content (AvgIpc) is 3.37. The average molecular weight is 469 g/mol. The van der Waals surface area contributed by atoms with E-state index in [4.69, 9.17) is 0 Å². The summed E-state index contributed by atoms with van der Waals surface area (Å²) in [4.78, 5) is 7.44. The maximum absolute atomic E-state index is 15.0. The summed E-state index contributed by atoms with van der Waals surface area (Å²) < 4.78 is 54.9. The van der Waals surface area contributed by atoms with E-state index in [9.17, 15) is 13.2 Å². The van der Waals surface area contributed by atoms with Crippen LogP contribution in [0.4, 0.5) is 23.4 Å². The van der Waals surface area contributed by atoms with Crippen molar-refractivity contribution in [1.82, 2.24) is 30.6 Å². The summed E-state index contributed by atoms with van der Waals surface area (Å²) >= 11 is 0. The molecule has 1 aliphatic rings. The summed E-state index contributed by atoms with van der Waals surface area (Å²) in [5.74, 6) is -1.10. The molecule has 0 spiro atoms. The Bertz CT molecular complexity index is 1320. The van der Waals surface area contributed by atoms with Crippen LogP contribution in [0.2, 0.25) is 0 Å². The second-order valence-electron chi connectivity index (χ2n) is 7.98. The van der Waals surface area contributed by atoms with E-state index in [2.05, 4.69) is 35.9 Å². The highest BCUT2D eigenvalue weighted by Gasteiger charge is 2.36. The molecule has 0 bridgehead atoms. The number of aromatic amines is 1. The number of fused-ring (bicyclic) bond motifs is 1. The molecule has 0 radical (unpaired) electrons. The third-order valence-electron chi connectivity index (χ3n) is 5.77. The number of hydrogen-bond donors (Lipinski definition) is 2. The fourth-order valence-corrected chi connectivity index (χ4v) is 4.12. The van der Waals surface area contributed by atoms with Gasteiger partial charge in [-0.2, -0.15) is 13.2 Å². The van der Waals surface area contributed by atoms with Crippen LogP contribution in [0.3, 0.4) is 0 Å². The second-order valence-corrected chi connectivity index (χ2v) is 7.98. The molecule has 2 heterocycles. The Morgan fingerprint density at radius 3 is 2.50 bits per heavy atom. The normalized spacial score (nSPS) is 13.5. The minimum Gasteiger partial charge on any atom is -0.366 e. The van der Waals surface area contributed by atoms with Crippen LogP contribution in [0.5, 0.6) is 0 Å². The molecule has 4 aromatic rings. The topological polar surface area (TPSA) is 92.3 Å². The Labute approximate surface area is 191 Å². The van der Waals surface area contributed by atoms with Crippen LogP contribution in [0.15, 0.2) is 42.5 Å². The number of tetrazole rings is 1. The Hall–Kier alpha value is -3.89. The molecule has 2 N–H and O–H groups in total. The molecule has 0 atom stereocenters. The lowest BCUT2D eigenvalue weighted by atomic mass is 9.96. The van der Waals surface area contributed by atoms with Crippen molar-refractivity contribution in [2.75, 3.05) is 5.32 Å². The number of nitrogens with zero attached hydrogens (tertiary/aromatic N) is 5. The van der Waals surface area contributed by atoms with E-state index in [0.29, 0.717) is 46.6 Å². The van der Waals surface area contributed by atoms with Crippen LogP contribution < -0.4 is 5.32 Å². The van der Waals surface area contributed by atoms with E-state index in [1.165, 1.54) is 6.07 Å². The zero-order valence-electron chi connectivity index (χ0n) is 17.8. The zero-order valence-corrected chi connectivity index (χ0v) is 17.8. The van der Waals surface area contributed by atoms with Crippen molar-refractivity contribution in [2.24, 2.45) is 0 Å². The van der Waals surface area contributed by atoms with Gasteiger partial charge in [0.05, 0.1) is 0 Å². The van der Waals surface area contributed by atoms with Gasteiger partial charge in [0.15, 0.2) is 5.82 Å². The fraction of sp³-hybridized carbons (Fsp3) is 0.261. The summed E-state index contributed by atoms with van der Waals surface area (Å²) in [6.07, 6.45) is -1.96. The summed E-state index contributed by atoms with van der Waals surface area (Å²) in [5.41, 5.74) is 3.45. The standard InChI is InChI=1S/C23H19F4N7/c24-18-11-13(15-5-1-2-6-16(15)21-31-33-34-32-21)9-10-14(18)12-28-20-17-7-3-4-8-19(17)29-22(30-20)23(25,26)27/h1-2,5-6,9-11H,3-4,7-8,12H2,(H,28,29,30)(H,31,32,33,34). The van der Waals surface area contributed by atoms with Crippen molar-refractivity contribution in [3.63, 3.8) is 0 Å². The van der Waals surface area contributed by atoms with Gasteiger partial charge >= 0.3 is 6.18 Å². The van der Waals surface area contributed by atoms with Crippen molar-refractivity contribution in [3.05, 3.63) is 70.9 Å². The van der Waals surface area contributed by atoms with Gasteiger partial charge in [0, 0.05) is 28.9 Å². The SMILES string of the molecule is Fc1cc(-c2ccccc2-c2nnn[nH]2)ccc1CNc1nc(C(F)(F)F)nc2c1CCCC2. The molecule has 0 aliphatic heterocycles. The number of alkyl halides is 3. The smallest absolute Gasteiger partial charge is 0.366 e. The number of rotatable bonds is 5. The van der Waals surface area contributed by atoms with E-state index in [0.717, 1.165) is 18.4 Å². The van der Waals surface area contributed by atoms with Crippen molar-refractivity contribution < 1.29 is 17.6 Å². The van der Waals surface area contributed by atoms with Gasteiger partial charge < -0.3 is 5.32 Å². The molecule has 34 heavy (non-hydrogen) atoms. The van der Waals surface area contributed by atoms with Gasteiger partial charge in [-0.05, 0) is 53.3 Å².